The van der Waals surface area contributed by atoms with Crippen LogP contribution in [-0.4, -0.2) is 34.8 Å². The van der Waals surface area contributed by atoms with Crippen LogP contribution in [0.4, 0.5) is 0 Å². The van der Waals surface area contributed by atoms with Gasteiger partial charge in [0.15, 0.2) is 0 Å². The predicted molar refractivity (Wildman–Crippen MR) is 128 cm³/mol. The fourth-order valence-electron chi connectivity index (χ4n) is 3.12. The molecule has 0 saturated carbocycles. The van der Waals surface area contributed by atoms with E-state index in [4.69, 9.17) is 17.0 Å². The zero-order chi connectivity index (χ0) is 22.1. The molecule has 3 rings (SSSR count). The first kappa shape index (κ1) is 23.0. The Labute approximate surface area is 192 Å². The number of benzene rings is 2. The molecule has 31 heavy (non-hydrogen) atoms. The highest BCUT2D eigenvalue weighted by molar-refractivity contribution is 8.26. The third-order valence-electron chi connectivity index (χ3n) is 4.81. The molecule has 0 radical (unpaired) electrons. The molecule has 162 valence electrons. The molecule has 1 heterocycles. The Hall–Kier alpha value is -2.64. The van der Waals surface area contributed by atoms with Gasteiger partial charge >= 0.3 is 5.97 Å². The Morgan fingerprint density at radius 3 is 2.58 bits per heavy atom. The Bertz CT molecular complexity index is 959. The molecule has 7 heteroatoms. The Morgan fingerprint density at radius 1 is 1.06 bits per heavy atom. The van der Waals surface area contributed by atoms with Crippen molar-refractivity contribution in [2.45, 2.75) is 32.3 Å². The Morgan fingerprint density at radius 2 is 1.81 bits per heavy atom. The summed E-state index contributed by atoms with van der Waals surface area (Å²) >= 11 is 6.73. The van der Waals surface area contributed by atoms with E-state index in [2.05, 4.69) is 4.74 Å². The van der Waals surface area contributed by atoms with E-state index in [-0.39, 0.29) is 11.9 Å². The smallest absolute Gasteiger partial charge is 0.305 e. The van der Waals surface area contributed by atoms with Crippen molar-refractivity contribution in [1.29, 1.82) is 0 Å². The standard InChI is InChI=1S/C24H25NO4S2/c1-28-22(26)14-6-3-9-15-25-23(27)21(31-24(25)30)16-19-12-7-8-13-20(19)29-17-18-10-4-2-5-11-18/h2,4-5,7-8,10-13,16H,3,6,9,14-15,17H2,1H3/b21-16-. The number of carbonyl (C=O) groups is 2. The van der Waals surface area contributed by atoms with Crippen LogP contribution in [0.5, 0.6) is 5.75 Å². The van der Waals surface area contributed by atoms with Crippen LogP contribution in [-0.2, 0) is 20.9 Å². The quantitative estimate of drug-likeness (QED) is 0.212. The molecule has 2 aromatic carbocycles. The Kier molecular flexibility index (Phi) is 8.67. The van der Waals surface area contributed by atoms with Crippen LogP contribution >= 0.6 is 24.0 Å². The third-order valence-corrected chi connectivity index (χ3v) is 6.18. The molecule has 0 atom stereocenters. The van der Waals surface area contributed by atoms with Crippen molar-refractivity contribution in [3.63, 3.8) is 0 Å². The number of rotatable bonds is 10. The number of amides is 1. The molecule has 2 aromatic rings. The highest BCUT2D eigenvalue weighted by atomic mass is 32.2. The number of methoxy groups -OCH3 is 1. The first-order valence-electron chi connectivity index (χ1n) is 10.2. The number of thiocarbonyl (C=S) groups is 1. The van der Waals surface area contributed by atoms with Crippen molar-refractivity contribution in [2.75, 3.05) is 13.7 Å². The summed E-state index contributed by atoms with van der Waals surface area (Å²) in [4.78, 5) is 26.3. The maximum atomic E-state index is 12.9. The van der Waals surface area contributed by atoms with Gasteiger partial charge in [-0.15, -0.1) is 0 Å². The lowest BCUT2D eigenvalue weighted by atomic mass is 10.1. The highest BCUT2D eigenvalue weighted by Gasteiger charge is 2.31. The van der Waals surface area contributed by atoms with Gasteiger partial charge in [0.1, 0.15) is 16.7 Å². The molecule has 0 spiro atoms. The normalized spacial score (nSPS) is 14.9. The minimum absolute atomic E-state index is 0.0826. The van der Waals surface area contributed by atoms with Crippen LogP contribution in [0, 0.1) is 0 Å². The van der Waals surface area contributed by atoms with E-state index >= 15 is 0 Å². The number of esters is 1. The maximum absolute atomic E-state index is 12.9. The fourth-order valence-corrected chi connectivity index (χ4v) is 4.42. The van der Waals surface area contributed by atoms with Gasteiger partial charge in [-0.1, -0.05) is 78.9 Å². The average Bonchev–Trinajstić information content (AvgIpc) is 3.06. The minimum atomic E-state index is -0.207. The highest BCUT2D eigenvalue weighted by Crippen LogP contribution is 2.34. The van der Waals surface area contributed by atoms with E-state index in [1.807, 2.05) is 60.7 Å². The summed E-state index contributed by atoms with van der Waals surface area (Å²) in [6, 6.07) is 17.6. The topological polar surface area (TPSA) is 55.8 Å². The third kappa shape index (κ3) is 6.67. The van der Waals surface area contributed by atoms with Crippen LogP contribution in [0.1, 0.15) is 36.8 Å². The number of carbonyl (C=O) groups excluding carboxylic acids is 2. The summed E-state index contributed by atoms with van der Waals surface area (Å²) < 4.78 is 11.2. The zero-order valence-electron chi connectivity index (χ0n) is 17.4. The van der Waals surface area contributed by atoms with Crippen molar-refractivity contribution in [3.05, 3.63) is 70.6 Å². The molecule has 1 aliphatic rings. The lowest BCUT2D eigenvalue weighted by Gasteiger charge is -2.14. The monoisotopic (exact) mass is 455 g/mol. The van der Waals surface area contributed by atoms with Crippen LogP contribution in [0.3, 0.4) is 0 Å². The summed E-state index contributed by atoms with van der Waals surface area (Å²) in [6.45, 7) is 1.01. The van der Waals surface area contributed by atoms with Crippen LogP contribution in [0.25, 0.3) is 6.08 Å². The van der Waals surface area contributed by atoms with E-state index in [0.29, 0.717) is 28.8 Å². The lowest BCUT2D eigenvalue weighted by molar-refractivity contribution is -0.140. The second-order valence-corrected chi connectivity index (χ2v) is 8.71. The first-order chi connectivity index (χ1) is 15.1. The summed E-state index contributed by atoms with van der Waals surface area (Å²) in [5.74, 6) is 0.432. The number of unbranched alkanes of at least 4 members (excludes halogenated alkanes) is 2. The maximum Gasteiger partial charge on any atom is 0.305 e. The van der Waals surface area contributed by atoms with E-state index < -0.39 is 0 Å². The van der Waals surface area contributed by atoms with Crippen LogP contribution < -0.4 is 4.74 Å². The molecular formula is C24H25NO4S2. The average molecular weight is 456 g/mol. The van der Waals surface area contributed by atoms with Crippen molar-refractivity contribution in [3.8, 4) is 5.75 Å². The number of thioether (sulfide) groups is 1. The molecule has 5 nitrogen and oxygen atoms in total. The SMILES string of the molecule is COC(=O)CCCCCN1C(=O)/C(=C/c2ccccc2OCc2ccccc2)SC1=S. The van der Waals surface area contributed by atoms with Crippen molar-refractivity contribution >= 4 is 46.3 Å². The van der Waals surface area contributed by atoms with Gasteiger partial charge in [0.05, 0.1) is 12.0 Å². The summed E-state index contributed by atoms with van der Waals surface area (Å²) in [5.41, 5.74) is 1.92. The van der Waals surface area contributed by atoms with Gasteiger partial charge in [0.25, 0.3) is 5.91 Å². The molecule has 0 aromatic heterocycles. The second kappa shape index (κ2) is 11.7. The zero-order valence-corrected chi connectivity index (χ0v) is 19.0. The minimum Gasteiger partial charge on any atom is -0.488 e. The number of hydrogen-bond acceptors (Lipinski definition) is 6. The molecule has 0 aliphatic carbocycles. The molecule has 1 aliphatic heterocycles. The lowest BCUT2D eigenvalue weighted by Crippen LogP contribution is -2.29. The van der Waals surface area contributed by atoms with Crippen molar-refractivity contribution < 1.29 is 19.1 Å². The van der Waals surface area contributed by atoms with Gasteiger partial charge in [-0.2, -0.15) is 0 Å². The molecule has 1 saturated heterocycles. The van der Waals surface area contributed by atoms with Crippen LogP contribution in [0.2, 0.25) is 0 Å². The summed E-state index contributed by atoms with van der Waals surface area (Å²) in [5, 5.41) is 0. The van der Waals surface area contributed by atoms with Gasteiger partial charge in [-0.25, -0.2) is 0 Å². The van der Waals surface area contributed by atoms with Gasteiger partial charge in [-0.05, 0) is 30.5 Å². The molecule has 1 fully saturated rings. The van der Waals surface area contributed by atoms with Crippen molar-refractivity contribution in [2.24, 2.45) is 0 Å². The van der Waals surface area contributed by atoms with Crippen LogP contribution in [0.15, 0.2) is 59.5 Å². The van der Waals surface area contributed by atoms with Gasteiger partial charge in [-0.3, -0.25) is 14.5 Å². The predicted octanol–water partition coefficient (Wildman–Crippen LogP) is 5.20. The van der Waals surface area contributed by atoms with Gasteiger partial charge < -0.3 is 9.47 Å². The summed E-state index contributed by atoms with van der Waals surface area (Å²) in [7, 11) is 1.39. The van der Waals surface area contributed by atoms with Crippen molar-refractivity contribution in [1.82, 2.24) is 4.90 Å². The molecule has 0 bridgehead atoms. The largest absolute Gasteiger partial charge is 0.488 e. The van der Waals surface area contributed by atoms with E-state index in [0.717, 1.165) is 36.1 Å². The Balaban J connectivity index is 1.60. The molecule has 1 amide bonds. The number of hydrogen-bond donors (Lipinski definition) is 0. The van der Waals surface area contributed by atoms with E-state index in [1.54, 1.807) is 4.90 Å². The number of nitrogens with zero attached hydrogens (tertiary/aromatic N) is 1. The van der Waals surface area contributed by atoms with E-state index in [9.17, 15) is 9.59 Å². The number of ether oxygens (including phenoxy) is 2. The van der Waals surface area contributed by atoms with E-state index in [1.165, 1.54) is 18.9 Å². The molecule has 0 N–H and O–H groups in total. The molecular weight excluding hydrogens is 430 g/mol. The number of para-hydroxylation sites is 1. The van der Waals surface area contributed by atoms with Gasteiger partial charge in [0.2, 0.25) is 0 Å². The summed E-state index contributed by atoms with van der Waals surface area (Å²) in [6.07, 6.45) is 4.60. The van der Waals surface area contributed by atoms with Gasteiger partial charge in [0, 0.05) is 18.5 Å². The molecule has 0 unspecified atom stereocenters. The second-order valence-electron chi connectivity index (χ2n) is 7.03. The fraction of sp³-hybridized carbons (Fsp3) is 0.292. The first-order valence-corrected chi connectivity index (χ1v) is 11.4.